The standard InChI is InChI=1S/C15H10ClFN4O2/c1-6-3-4-18-10-7(2)20-12(16)9(17)5-8-13(22)19-15(23)21(11(6)10)14(8)20/h3-5,7H,1-2H3/p+1. The van der Waals surface area contributed by atoms with Crippen LogP contribution in [0.4, 0.5) is 4.39 Å². The molecule has 23 heavy (non-hydrogen) atoms. The molecule has 4 rings (SSSR count). The van der Waals surface area contributed by atoms with Gasteiger partial charge in [-0.25, -0.2) is 13.8 Å². The summed E-state index contributed by atoms with van der Waals surface area (Å²) < 4.78 is 16.9. The fourth-order valence-electron chi connectivity index (χ4n) is 3.15. The van der Waals surface area contributed by atoms with Gasteiger partial charge in [0.1, 0.15) is 17.1 Å². The Morgan fingerprint density at radius 3 is 2.91 bits per heavy atom. The fourth-order valence-corrected chi connectivity index (χ4v) is 3.43. The van der Waals surface area contributed by atoms with E-state index >= 15 is 0 Å². The van der Waals surface area contributed by atoms with Gasteiger partial charge in [-0.2, -0.15) is 0 Å². The molecule has 0 amide bonds. The number of nitrogens with one attached hydrogen (secondary N) is 1. The predicted octanol–water partition coefficient (Wildman–Crippen LogP) is 1.39. The molecule has 0 aliphatic carbocycles. The van der Waals surface area contributed by atoms with E-state index in [0.29, 0.717) is 11.4 Å². The Balaban J connectivity index is 2.39. The number of hydrogen-bond acceptors (Lipinski definition) is 3. The summed E-state index contributed by atoms with van der Waals surface area (Å²) in [6, 6.07) is 2.40. The summed E-state index contributed by atoms with van der Waals surface area (Å²) in [5.74, 6) is -0.724. The Hall–Kier alpha value is -2.54. The minimum atomic E-state index is -0.724. The Labute approximate surface area is 133 Å². The lowest BCUT2D eigenvalue weighted by atomic mass is 10.1. The molecule has 0 fully saturated rings. The zero-order valence-corrected chi connectivity index (χ0v) is 13.0. The van der Waals surface area contributed by atoms with Crippen LogP contribution in [0.25, 0.3) is 16.7 Å². The molecule has 4 heterocycles. The van der Waals surface area contributed by atoms with Gasteiger partial charge >= 0.3 is 11.3 Å². The van der Waals surface area contributed by atoms with Gasteiger partial charge in [0.05, 0.1) is 0 Å². The second-order valence-electron chi connectivity index (χ2n) is 5.52. The first-order valence-corrected chi connectivity index (χ1v) is 7.34. The molecule has 0 aromatic carbocycles. The molecule has 1 aliphatic heterocycles. The summed E-state index contributed by atoms with van der Waals surface area (Å²) in [4.78, 5) is 31.1. The van der Waals surface area contributed by atoms with Crippen molar-refractivity contribution in [1.29, 1.82) is 0 Å². The molecule has 8 heteroatoms. The molecule has 3 aromatic heterocycles. The normalized spacial score (nSPS) is 15.7. The maximum Gasteiger partial charge on any atom is 0.421 e. The number of rotatable bonds is 0. The van der Waals surface area contributed by atoms with E-state index < -0.39 is 23.1 Å². The van der Waals surface area contributed by atoms with Crippen molar-refractivity contribution >= 4 is 22.6 Å². The quantitative estimate of drug-likeness (QED) is 0.499. The first-order valence-electron chi connectivity index (χ1n) is 6.96. The second kappa shape index (κ2) is 4.48. The monoisotopic (exact) mass is 333 g/mol. The van der Waals surface area contributed by atoms with Gasteiger partial charge in [0, 0.05) is 17.8 Å². The first-order chi connectivity index (χ1) is 10.9. The van der Waals surface area contributed by atoms with E-state index in [1.165, 1.54) is 9.13 Å². The molecule has 0 bridgehead atoms. The minimum Gasteiger partial charge on any atom is -0.268 e. The highest BCUT2D eigenvalue weighted by Gasteiger charge is 2.37. The molecule has 0 spiro atoms. The zero-order valence-electron chi connectivity index (χ0n) is 12.2. The smallest absolute Gasteiger partial charge is 0.268 e. The van der Waals surface area contributed by atoms with Crippen LogP contribution in [0.15, 0.2) is 27.9 Å². The summed E-state index contributed by atoms with van der Waals surface area (Å²) in [5, 5.41) is -0.107. The number of fused-ring (bicyclic) bond motifs is 2. The summed E-state index contributed by atoms with van der Waals surface area (Å²) in [5.41, 5.74) is 1.01. The highest BCUT2D eigenvalue weighted by Crippen LogP contribution is 2.30. The molecular formula is C15H11ClFN4O2+. The zero-order chi connectivity index (χ0) is 16.5. The molecule has 1 aliphatic rings. The fraction of sp³-hybridized carbons (Fsp3) is 0.200. The topological polar surface area (TPSA) is 71.6 Å². The summed E-state index contributed by atoms with van der Waals surface area (Å²) >= 11 is 6.12. The van der Waals surface area contributed by atoms with Crippen LogP contribution in [0.3, 0.4) is 0 Å². The van der Waals surface area contributed by atoms with Crippen LogP contribution in [-0.4, -0.2) is 14.5 Å². The number of aromatic nitrogens is 4. The van der Waals surface area contributed by atoms with Crippen LogP contribution < -0.4 is 15.8 Å². The number of pyridine rings is 2. The van der Waals surface area contributed by atoms with Crippen molar-refractivity contribution in [2.45, 2.75) is 19.9 Å². The molecule has 3 aromatic rings. The molecule has 0 saturated heterocycles. The third-order valence-corrected chi connectivity index (χ3v) is 4.55. The third kappa shape index (κ3) is 1.68. The van der Waals surface area contributed by atoms with E-state index in [9.17, 15) is 14.0 Å². The Morgan fingerprint density at radius 2 is 2.17 bits per heavy atom. The van der Waals surface area contributed by atoms with Crippen LogP contribution in [0.5, 0.6) is 0 Å². The number of aromatic amines is 1. The number of aryl methyl sites for hydroxylation is 1. The minimum absolute atomic E-state index is 0.0623. The lowest BCUT2D eigenvalue weighted by Crippen LogP contribution is -2.50. The Morgan fingerprint density at radius 1 is 1.43 bits per heavy atom. The molecule has 1 N–H and O–H groups in total. The molecular weight excluding hydrogens is 323 g/mol. The lowest BCUT2D eigenvalue weighted by molar-refractivity contribution is -0.689. The molecule has 0 radical (unpaired) electrons. The number of hydrogen-bond donors (Lipinski definition) is 1. The van der Waals surface area contributed by atoms with Crippen molar-refractivity contribution in [1.82, 2.24) is 14.5 Å². The predicted molar refractivity (Wildman–Crippen MR) is 81.7 cm³/mol. The van der Waals surface area contributed by atoms with Gasteiger partial charge in [-0.3, -0.25) is 14.8 Å². The van der Waals surface area contributed by atoms with Gasteiger partial charge in [0.15, 0.2) is 11.5 Å². The van der Waals surface area contributed by atoms with Crippen molar-refractivity contribution in [3.8, 4) is 5.69 Å². The average molecular weight is 334 g/mol. The van der Waals surface area contributed by atoms with E-state index in [0.717, 1.165) is 11.6 Å². The molecule has 1 unspecified atom stereocenters. The van der Waals surface area contributed by atoms with Gasteiger partial charge in [0.2, 0.25) is 5.15 Å². The van der Waals surface area contributed by atoms with Crippen LogP contribution in [0, 0.1) is 12.7 Å². The maximum atomic E-state index is 14.1. The highest BCUT2D eigenvalue weighted by molar-refractivity contribution is 6.28. The second-order valence-corrected chi connectivity index (χ2v) is 5.88. The van der Waals surface area contributed by atoms with E-state index in [4.69, 9.17) is 11.6 Å². The molecule has 0 saturated carbocycles. The van der Waals surface area contributed by atoms with Crippen molar-refractivity contribution in [3.05, 3.63) is 61.4 Å². The van der Waals surface area contributed by atoms with Crippen LogP contribution in [0.1, 0.15) is 24.2 Å². The molecule has 1 atom stereocenters. The number of nitrogens with zero attached hydrogens (tertiary/aromatic N) is 3. The van der Waals surface area contributed by atoms with Crippen molar-refractivity contribution in [2.75, 3.05) is 0 Å². The van der Waals surface area contributed by atoms with Crippen LogP contribution in [-0.2, 0) is 0 Å². The SMILES string of the molecule is Cc1ccnc2c1-n1c(=O)[nH]c(=O)c3cc(F)c(Cl)[n+](c31)C2C. The van der Waals surface area contributed by atoms with E-state index in [1.54, 1.807) is 19.2 Å². The van der Waals surface area contributed by atoms with Crippen LogP contribution >= 0.6 is 11.6 Å². The highest BCUT2D eigenvalue weighted by atomic mass is 35.5. The Bertz CT molecular complexity index is 1120. The van der Waals surface area contributed by atoms with E-state index in [-0.39, 0.29) is 16.2 Å². The van der Waals surface area contributed by atoms with E-state index in [1.807, 2.05) is 6.92 Å². The summed E-state index contributed by atoms with van der Waals surface area (Å²) in [6.07, 6.45) is 1.62. The maximum absolute atomic E-state index is 14.1. The van der Waals surface area contributed by atoms with Crippen molar-refractivity contribution < 1.29 is 8.96 Å². The molecule has 6 nitrogen and oxygen atoms in total. The van der Waals surface area contributed by atoms with Gasteiger partial charge in [-0.15, -0.1) is 4.57 Å². The van der Waals surface area contributed by atoms with Gasteiger partial charge in [-0.1, -0.05) is 0 Å². The van der Waals surface area contributed by atoms with Crippen molar-refractivity contribution in [2.24, 2.45) is 0 Å². The largest absolute Gasteiger partial charge is 0.421 e. The summed E-state index contributed by atoms with van der Waals surface area (Å²) in [7, 11) is 0. The van der Waals surface area contributed by atoms with Gasteiger partial charge in [-0.05, 0) is 31.5 Å². The molecule has 116 valence electrons. The first kappa shape index (κ1) is 14.1. The lowest BCUT2D eigenvalue weighted by Gasteiger charge is -2.22. The van der Waals surface area contributed by atoms with Crippen molar-refractivity contribution in [3.63, 3.8) is 0 Å². The van der Waals surface area contributed by atoms with E-state index in [2.05, 4.69) is 9.97 Å². The average Bonchev–Trinajstić information content (AvgIpc) is 2.50. The number of H-pyrrole nitrogens is 1. The van der Waals surface area contributed by atoms with Gasteiger partial charge in [0.25, 0.3) is 5.56 Å². The van der Waals surface area contributed by atoms with Crippen LogP contribution in [0.2, 0.25) is 5.15 Å². The summed E-state index contributed by atoms with van der Waals surface area (Å²) in [6.45, 7) is 3.64. The third-order valence-electron chi connectivity index (χ3n) is 4.19. The van der Waals surface area contributed by atoms with Gasteiger partial charge < -0.3 is 0 Å². The number of halogens is 2. The Kier molecular flexibility index (Phi) is 2.74.